The highest BCUT2D eigenvalue weighted by Gasteiger charge is 2.03. The van der Waals surface area contributed by atoms with Crippen LogP contribution in [0.5, 0.6) is 0 Å². The minimum absolute atomic E-state index is 0.441. The number of rotatable bonds is 1. The highest BCUT2D eigenvalue weighted by Crippen LogP contribution is 2.18. The van der Waals surface area contributed by atoms with Gasteiger partial charge in [-0.05, 0) is 18.2 Å². The quantitative estimate of drug-likeness (QED) is 0.713. The molecule has 0 aliphatic rings. The molecular formula is C7H6BrNOS. The molecule has 58 valence electrons. The van der Waals surface area contributed by atoms with Gasteiger partial charge in [0.2, 0.25) is 5.91 Å². The first-order chi connectivity index (χ1) is 5.11. The first kappa shape index (κ1) is 8.62. The maximum atomic E-state index is 10.7. The number of hydrogen-bond donors (Lipinski definition) is 2. The normalized spacial score (nSPS) is 9.64. The van der Waals surface area contributed by atoms with E-state index in [0.29, 0.717) is 10.5 Å². The standard InChI is InChI=1S/C7H6BrNOS/c8-4-1-2-5(7(9)10)6(11)3-4/h1-3,11H,(H2,9,10). The summed E-state index contributed by atoms with van der Waals surface area (Å²) in [5, 5.41) is 0. The zero-order chi connectivity index (χ0) is 8.43. The predicted molar refractivity (Wildman–Crippen MR) is 49.9 cm³/mol. The number of carbonyl (C=O) groups excluding carboxylic acids is 1. The molecule has 11 heavy (non-hydrogen) atoms. The van der Waals surface area contributed by atoms with Crippen LogP contribution < -0.4 is 5.73 Å². The van der Waals surface area contributed by atoms with E-state index >= 15 is 0 Å². The number of carbonyl (C=O) groups is 1. The van der Waals surface area contributed by atoms with Crippen LogP contribution in [0.15, 0.2) is 27.6 Å². The fourth-order valence-electron chi connectivity index (χ4n) is 0.713. The second kappa shape index (κ2) is 3.28. The fourth-order valence-corrected chi connectivity index (χ4v) is 1.57. The number of nitrogens with two attached hydrogens (primary N) is 1. The monoisotopic (exact) mass is 231 g/mol. The van der Waals surface area contributed by atoms with E-state index in [1.807, 2.05) is 0 Å². The lowest BCUT2D eigenvalue weighted by atomic mass is 10.2. The summed E-state index contributed by atoms with van der Waals surface area (Å²) in [6, 6.07) is 5.11. The summed E-state index contributed by atoms with van der Waals surface area (Å²) in [4.78, 5) is 11.3. The Morgan fingerprint density at radius 1 is 1.55 bits per heavy atom. The van der Waals surface area contributed by atoms with E-state index in [2.05, 4.69) is 28.6 Å². The molecule has 0 bridgehead atoms. The van der Waals surface area contributed by atoms with E-state index in [1.165, 1.54) is 0 Å². The topological polar surface area (TPSA) is 43.1 Å². The molecule has 0 saturated heterocycles. The molecule has 0 saturated carbocycles. The molecule has 2 nitrogen and oxygen atoms in total. The second-order valence-electron chi connectivity index (χ2n) is 2.03. The lowest BCUT2D eigenvalue weighted by Crippen LogP contribution is -2.11. The van der Waals surface area contributed by atoms with Crippen LogP contribution in [0.1, 0.15) is 10.4 Å². The van der Waals surface area contributed by atoms with Crippen molar-refractivity contribution in [1.82, 2.24) is 0 Å². The highest BCUT2D eigenvalue weighted by molar-refractivity contribution is 9.10. The zero-order valence-electron chi connectivity index (χ0n) is 5.54. The van der Waals surface area contributed by atoms with E-state index in [9.17, 15) is 4.79 Å². The molecule has 0 fully saturated rings. The van der Waals surface area contributed by atoms with E-state index in [4.69, 9.17) is 5.73 Å². The summed E-state index contributed by atoms with van der Waals surface area (Å²) < 4.78 is 0.882. The number of benzene rings is 1. The van der Waals surface area contributed by atoms with Gasteiger partial charge in [-0.2, -0.15) is 0 Å². The molecule has 0 unspecified atom stereocenters. The lowest BCUT2D eigenvalue weighted by molar-refractivity contribution is 0.0997. The van der Waals surface area contributed by atoms with Gasteiger partial charge in [-0.15, -0.1) is 12.6 Å². The summed E-state index contributed by atoms with van der Waals surface area (Å²) in [7, 11) is 0. The summed E-state index contributed by atoms with van der Waals surface area (Å²) in [5.41, 5.74) is 5.50. The minimum atomic E-state index is -0.456. The molecule has 1 aromatic carbocycles. The number of primary amides is 1. The van der Waals surface area contributed by atoms with Crippen molar-refractivity contribution < 1.29 is 4.79 Å². The summed E-state index contributed by atoms with van der Waals surface area (Å²) in [6.07, 6.45) is 0. The smallest absolute Gasteiger partial charge is 0.249 e. The molecule has 1 aromatic rings. The molecule has 0 spiro atoms. The Bertz CT molecular complexity index is 300. The van der Waals surface area contributed by atoms with Gasteiger partial charge in [0.15, 0.2) is 0 Å². The minimum Gasteiger partial charge on any atom is -0.366 e. The Morgan fingerprint density at radius 3 is 2.64 bits per heavy atom. The fraction of sp³-hybridized carbons (Fsp3) is 0. The Kier molecular flexibility index (Phi) is 2.57. The predicted octanol–water partition coefficient (Wildman–Crippen LogP) is 1.84. The molecule has 2 N–H and O–H groups in total. The van der Waals surface area contributed by atoms with Gasteiger partial charge in [-0.3, -0.25) is 4.79 Å². The van der Waals surface area contributed by atoms with Crippen molar-refractivity contribution in [3.05, 3.63) is 28.2 Å². The van der Waals surface area contributed by atoms with Crippen molar-refractivity contribution in [2.75, 3.05) is 0 Å². The molecular weight excluding hydrogens is 226 g/mol. The maximum absolute atomic E-state index is 10.7. The van der Waals surface area contributed by atoms with Crippen LogP contribution >= 0.6 is 28.6 Å². The van der Waals surface area contributed by atoms with Gasteiger partial charge in [0.1, 0.15) is 0 Å². The number of halogens is 1. The summed E-state index contributed by atoms with van der Waals surface area (Å²) in [5.74, 6) is -0.456. The molecule has 0 aliphatic heterocycles. The van der Waals surface area contributed by atoms with Gasteiger partial charge in [-0.1, -0.05) is 15.9 Å². The Morgan fingerprint density at radius 2 is 2.18 bits per heavy atom. The Balaban J connectivity index is 3.20. The molecule has 0 aliphatic carbocycles. The number of thiol groups is 1. The van der Waals surface area contributed by atoms with Crippen molar-refractivity contribution in [1.29, 1.82) is 0 Å². The van der Waals surface area contributed by atoms with Crippen molar-refractivity contribution in [3.8, 4) is 0 Å². The third-order valence-corrected chi connectivity index (χ3v) is 2.09. The highest BCUT2D eigenvalue weighted by atomic mass is 79.9. The van der Waals surface area contributed by atoms with Gasteiger partial charge in [0.25, 0.3) is 0 Å². The summed E-state index contributed by atoms with van der Waals surface area (Å²) >= 11 is 7.32. The Hall–Kier alpha value is -0.480. The van der Waals surface area contributed by atoms with Crippen LogP contribution in [-0.2, 0) is 0 Å². The zero-order valence-corrected chi connectivity index (χ0v) is 8.02. The third kappa shape index (κ3) is 1.97. The van der Waals surface area contributed by atoms with Crippen molar-refractivity contribution >= 4 is 34.5 Å². The van der Waals surface area contributed by atoms with Gasteiger partial charge < -0.3 is 5.73 Å². The van der Waals surface area contributed by atoms with Crippen molar-refractivity contribution in [2.24, 2.45) is 5.73 Å². The van der Waals surface area contributed by atoms with Crippen LogP contribution in [0.2, 0.25) is 0 Å². The SMILES string of the molecule is NC(=O)c1ccc(Br)cc1S. The first-order valence-corrected chi connectivity index (χ1v) is 4.13. The molecule has 0 heterocycles. The van der Waals surface area contributed by atoms with Gasteiger partial charge in [0.05, 0.1) is 5.56 Å². The third-order valence-electron chi connectivity index (χ3n) is 1.23. The summed E-state index contributed by atoms with van der Waals surface area (Å²) in [6.45, 7) is 0. The average molecular weight is 232 g/mol. The van der Waals surface area contributed by atoms with Crippen LogP contribution in [0.3, 0.4) is 0 Å². The largest absolute Gasteiger partial charge is 0.366 e. The Labute approximate surface area is 78.3 Å². The van der Waals surface area contributed by atoms with Crippen LogP contribution in [-0.4, -0.2) is 5.91 Å². The lowest BCUT2D eigenvalue weighted by Gasteiger charge is -1.99. The van der Waals surface area contributed by atoms with Gasteiger partial charge >= 0.3 is 0 Å². The molecule has 4 heteroatoms. The molecule has 1 amide bonds. The molecule has 0 atom stereocenters. The molecule has 0 aromatic heterocycles. The van der Waals surface area contributed by atoms with Crippen LogP contribution in [0, 0.1) is 0 Å². The van der Waals surface area contributed by atoms with E-state index in [0.717, 1.165) is 4.47 Å². The number of amides is 1. The number of hydrogen-bond acceptors (Lipinski definition) is 2. The van der Waals surface area contributed by atoms with E-state index in [-0.39, 0.29) is 0 Å². The maximum Gasteiger partial charge on any atom is 0.249 e. The van der Waals surface area contributed by atoms with Gasteiger partial charge in [0, 0.05) is 9.37 Å². The second-order valence-corrected chi connectivity index (χ2v) is 3.42. The van der Waals surface area contributed by atoms with Gasteiger partial charge in [-0.25, -0.2) is 0 Å². The first-order valence-electron chi connectivity index (χ1n) is 2.89. The average Bonchev–Trinajstić information content (AvgIpc) is 1.85. The van der Waals surface area contributed by atoms with Crippen molar-refractivity contribution in [2.45, 2.75) is 4.90 Å². The van der Waals surface area contributed by atoms with E-state index in [1.54, 1.807) is 18.2 Å². The van der Waals surface area contributed by atoms with Crippen LogP contribution in [0.4, 0.5) is 0 Å². The van der Waals surface area contributed by atoms with Crippen LogP contribution in [0.25, 0.3) is 0 Å². The van der Waals surface area contributed by atoms with Crippen molar-refractivity contribution in [3.63, 3.8) is 0 Å². The van der Waals surface area contributed by atoms with E-state index < -0.39 is 5.91 Å². The molecule has 1 rings (SSSR count). The molecule has 0 radical (unpaired) electrons.